The Morgan fingerprint density at radius 1 is 1.02 bits per heavy atom. The minimum atomic E-state index is -4.59. The number of amides is 1. The first-order valence-electron chi connectivity index (χ1n) is 12.6. The zero-order valence-corrected chi connectivity index (χ0v) is 23.9. The number of aryl methyl sites for hydroxylation is 2. The summed E-state index contributed by atoms with van der Waals surface area (Å²) in [5, 5.41) is 10.4. The Morgan fingerprint density at radius 3 is 2.30 bits per heavy atom. The summed E-state index contributed by atoms with van der Waals surface area (Å²) in [6, 6.07) is 8.91. The van der Waals surface area contributed by atoms with E-state index in [1.54, 1.807) is 70.5 Å². The summed E-state index contributed by atoms with van der Waals surface area (Å²) in [6.45, 7) is 2.90. The van der Waals surface area contributed by atoms with Gasteiger partial charge in [0.15, 0.2) is 0 Å². The molecule has 0 aliphatic carbocycles. The third-order valence-electron chi connectivity index (χ3n) is 6.30. The van der Waals surface area contributed by atoms with Gasteiger partial charge in [0.2, 0.25) is 0 Å². The number of benzene rings is 2. The summed E-state index contributed by atoms with van der Waals surface area (Å²) in [6.07, 6.45) is 0.572. The van der Waals surface area contributed by atoms with E-state index in [1.807, 2.05) is 40.0 Å². The molecule has 0 aliphatic heterocycles. The largest absolute Gasteiger partial charge is 0.418 e. The number of nitrogens with one attached hydrogen (secondary N) is 1. The van der Waals surface area contributed by atoms with Crippen LogP contribution in [0.4, 0.5) is 30.2 Å². The lowest BCUT2D eigenvalue weighted by Crippen LogP contribution is -2.33. The van der Waals surface area contributed by atoms with Crippen molar-refractivity contribution in [1.29, 1.82) is 0 Å². The van der Waals surface area contributed by atoms with Crippen molar-refractivity contribution in [3.8, 4) is 0 Å². The molecule has 0 radical (unpaired) electrons. The monoisotopic (exact) mass is 558 g/mol. The zero-order valence-electron chi connectivity index (χ0n) is 23.9. The number of aromatic nitrogens is 2. The number of likely N-dealkylation sites (N-methyl/N-ethyl adjacent to an activating group) is 2. The Morgan fingerprint density at radius 2 is 1.73 bits per heavy atom. The number of carbonyl (C=O) groups excluding carboxylic acids is 1. The topological polar surface area (TPSA) is 85.9 Å². The van der Waals surface area contributed by atoms with Crippen LogP contribution >= 0.6 is 0 Å². The molecular weight excluding hydrogens is 521 g/mol. The van der Waals surface area contributed by atoms with E-state index in [4.69, 9.17) is 5.73 Å². The number of hydrazine groups is 1. The highest BCUT2D eigenvalue weighted by atomic mass is 19.4. The molecule has 1 heterocycles. The van der Waals surface area contributed by atoms with Gasteiger partial charge in [0.1, 0.15) is 0 Å². The van der Waals surface area contributed by atoms with Gasteiger partial charge in [-0.05, 0) is 56.9 Å². The maximum absolute atomic E-state index is 14.0. The number of nitrogens with zero attached hydrogens (tertiary/aromatic N) is 6. The van der Waals surface area contributed by atoms with Crippen molar-refractivity contribution in [3.63, 3.8) is 0 Å². The summed E-state index contributed by atoms with van der Waals surface area (Å²) in [5.41, 5.74) is 8.62. The summed E-state index contributed by atoms with van der Waals surface area (Å²) in [7, 11) is 10.8. The number of hydrogen-bond acceptors (Lipinski definition) is 7. The molecule has 9 nitrogen and oxygen atoms in total. The molecule has 0 atom stereocenters. The first-order valence-corrected chi connectivity index (χ1v) is 12.6. The number of nitrogens with two attached hydrogens (primary N) is 1. The predicted molar refractivity (Wildman–Crippen MR) is 154 cm³/mol. The maximum Gasteiger partial charge on any atom is 0.418 e. The van der Waals surface area contributed by atoms with Crippen LogP contribution in [0.5, 0.6) is 0 Å². The Bertz CT molecular complexity index is 1360. The maximum atomic E-state index is 14.0. The van der Waals surface area contributed by atoms with Crippen LogP contribution in [0.15, 0.2) is 55.0 Å². The second-order valence-electron chi connectivity index (χ2n) is 10.1. The molecule has 1 aromatic heterocycles. The summed E-state index contributed by atoms with van der Waals surface area (Å²) in [4.78, 5) is 16.6. The molecule has 3 aromatic rings. The molecule has 0 bridgehead atoms. The highest BCUT2D eigenvalue weighted by Gasteiger charge is 2.35. The van der Waals surface area contributed by atoms with Crippen LogP contribution in [0, 0.1) is 6.92 Å². The van der Waals surface area contributed by atoms with Gasteiger partial charge in [-0.3, -0.25) is 14.5 Å². The van der Waals surface area contributed by atoms with Gasteiger partial charge in [-0.15, -0.1) is 0 Å². The van der Waals surface area contributed by atoms with Gasteiger partial charge in [0.25, 0.3) is 5.91 Å². The minimum Gasteiger partial charge on any atom is -0.397 e. The normalized spacial score (nSPS) is 12.2. The average Bonchev–Trinajstić information content (AvgIpc) is 3.31. The molecule has 0 saturated carbocycles. The molecule has 0 saturated heterocycles. The Kier molecular flexibility index (Phi) is 9.48. The smallest absolute Gasteiger partial charge is 0.397 e. The number of carbonyl (C=O) groups is 1. The molecule has 2 aromatic carbocycles. The highest BCUT2D eigenvalue weighted by Crippen LogP contribution is 2.38. The summed E-state index contributed by atoms with van der Waals surface area (Å²) < 4.78 is 43.5. The van der Waals surface area contributed by atoms with Crippen molar-refractivity contribution in [2.75, 3.05) is 63.6 Å². The molecule has 0 spiro atoms. The summed E-state index contributed by atoms with van der Waals surface area (Å²) >= 11 is 0. The van der Waals surface area contributed by atoms with Crippen LogP contribution in [-0.4, -0.2) is 73.9 Å². The fourth-order valence-electron chi connectivity index (χ4n) is 4.02. The van der Waals surface area contributed by atoms with E-state index >= 15 is 0 Å². The van der Waals surface area contributed by atoms with Crippen molar-refractivity contribution < 1.29 is 18.0 Å². The molecule has 0 aliphatic rings. The number of rotatable bonds is 10. The van der Waals surface area contributed by atoms with E-state index in [1.165, 1.54) is 12.1 Å². The van der Waals surface area contributed by atoms with Crippen molar-refractivity contribution in [2.24, 2.45) is 12.8 Å². The van der Waals surface area contributed by atoms with Crippen LogP contribution in [0.1, 0.15) is 27.0 Å². The van der Waals surface area contributed by atoms with Crippen LogP contribution in [-0.2, 0) is 13.2 Å². The Labute approximate surface area is 233 Å². The number of alkyl halides is 3. The fourth-order valence-corrected chi connectivity index (χ4v) is 4.02. The van der Waals surface area contributed by atoms with E-state index in [9.17, 15) is 18.0 Å². The Balaban J connectivity index is 1.90. The third kappa shape index (κ3) is 7.54. The van der Waals surface area contributed by atoms with E-state index in [-0.39, 0.29) is 16.9 Å². The quantitative estimate of drug-likeness (QED) is 0.360. The molecule has 216 valence electrons. The second kappa shape index (κ2) is 12.4. The van der Waals surface area contributed by atoms with Gasteiger partial charge < -0.3 is 20.9 Å². The highest BCUT2D eigenvalue weighted by molar-refractivity contribution is 6.05. The van der Waals surface area contributed by atoms with Crippen LogP contribution in [0.2, 0.25) is 0 Å². The van der Waals surface area contributed by atoms with E-state index in [0.29, 0.717) is 24.5 Å². The van der Waals surface area contributed by atoms with Gasteiger partial charge in [0.05, 0.1) is 23.1 Å². The molecular formula is C28H37F3N8O. The lowest BCUT2D eigenvalue weighted by molar-refractivity contribution is -0.137. The van der Waals surface area contributed by atoms with Crippen molar-refractivity contribution in [1.82, 2.24) is 19.7 Å². The zero-order chi connectivity index (χ0) is 29.8. The van der Waals surface area contributed by atoms with Crippen LogP contribution in [0.25, 0.3) is 5.70 Å². The number of halogens is 3. The van der Waals surface area contributed by atoms with Crippen LogP contribution < -0.4 is 21.0 Å². The first-order chi connectivity index (χ1) is 18.7. The molecule has 12 heteroatoms. The molecule has 0 unspecified atom stereocenters. The minimum absolute atomic E-state index is 0.0459. The molecule has 3 rings (SSSR count). The lowest BCUT2D eigenvalue weighted by atomic mass is 10.1. The van der Waals surface area contributed by atoms with Gasteiger partial charge in [-0.2, -0.15) is 18.3 Å². The SMILES string of the molecule is Cc1ccc(C(=O)Nc2ccc(N(C)CCN(C)C)c(C(F)(F)F)c2)cc1N(/C=C(\N)c1cnn(C)c1)N(C)C. The first kappa shape index (κ1) is 30.5. The lowest BCUT2D eigenvalue weighted by Gasteiger charge is -2.30. The van der Waals surface area contributed by atoms with Crippen LogP contribution in [0.3, 0.4) is 0 Å². The molecule has 1 amide bonds. The standard InChI is InChI=1S/C28H37F3N8O/c1-19-8-9-20(14-26(19)39(36(4)5)18-24(32)21-16-33-38(7)17-21)27(40)34-22-10-11-25(23(15-22)28(29,30)31)37(6)13-12-35(2)3/h8-11,14-18H,12-13,32H2,1-7H3,(H,34,40)/b24-18-. The molecule has 3 N–H and O–H groups in total. The Hall–Kier alpha value is -4.03. The van der Waals surface area contributed by atoms with E-state index in [2.05, 4.69) is 10.4 Å². The molecule has 40 heavy (non-hydrogen) atoms. The van der Waals surface area contributed by atoms with Gasteiger partial charge >= 0.3 is 6.18 Å². The van der Waals surface area contributed by atoms with E-state index < -0.39 is 17.6 Å². The third-order valence-corrected chi connectivity index (χ3v) is 6.30. The van der Waals surface area contributed by atoms with Gasteiger partial charge in [0, 0.05) is 76.2 Å². The fraction of sp³-hybridized carbons (Fsp3) is 0.357. The molecule has 0 fully saturated rings. The van der Waals surface area contributed by atoms with Gasteiger partial charge in [-0.25, -0.2) is 5.01 Å². The predicted octanol–water partition coefficient (Wildman–Crippen LogP) is 4.24. The van der Waals surface area contributed by atoms with Gasteiger partial charge in [-0.1, -0.05) is 6.07 Å². The average molecular weight is 559 g/mol. The van der Waals surface area contributed by atoms with Crippen molar-refractivity contribution in [2.45, 2.75) is 13.1 Å². The number of hydrogen-bond donors (Lipinski definition) is 2. The van der Waals surface area contributed by atoms with Crippen molar-refractivity contribution >= 4 is 28.7 Å². The number of anilines is 3. The van der Waals surface area contributed by atoms with Crippen molar-refractivity contribution in [3.05, 3.63) is 77.2 Å². The second-order valence-corrected chi connectivity index (χ2v) is 10.1. The van der Waals surface area contributed by atoms with E-state index in [0.717, 1.165) is 17.2 Å². The summed E-state index contributed by atoms with van der Waals surface area (Å²) in [5.74, 6) is -0.536.